The third kappa shape index (κ3) is 2.16. The van der Waals surface area contributed by atoms with Gasteiger partial charge in [-0.3, -0.25) is 4.79 Å². The zero-order valence-corrected chi connectivity index (χ0v) is 11.7. The van der Waals surface area contributed by atoms with Gasteiger partial charge in [0.1, 0.15) is 17.2 Å². The molecule has 2 aromatic rings. The number of phenolic OH excluding ortho intramolecular Hbond substituents is 2. The number of rotatable bonds is 1. The van der Waals surface area contributed by atoms with Gasteiger partial charge in [-0.05, 0) is 51.8 Å². The van der Waals surface area contributed by atoms with E-state index in [4.69, 9.17) is 4.74 Å². The third-order valence-electron chi connectivity index (χ3n) is 2.92. The molecule has 0 atom stereocenters. The molecule has 0 aromatic heterocycles. The SMILES string of the molecule is O=C1/C(=C/c2ccc(O)c(Br)c2)Oc2cc(O)ccc21. The number of carbonyl (C=O) groups is 1. The van der Waals surface area contributed by atoms with E-state index >= 15 is 0 Å². The number of Topliss-reactive ketones (excluding diaryl/α,β-unsaturated/α-hetero) is 1. The van der Waals surface area contributed by atoms with Crippen molar-refractivity contribution in [3.63, 3.8) is 0 Å². The Bertz CT molecular complexity index is 750. The third-order valence-corrected chi connectivity index (χ3v) is 3.56. The van der Waals surface area contributed by atoms with E-state index in [1.165, 1.54) is 24.3 Å². The molecule has 0 fully saturated rings. The van der Waals surface area contributed by atoms with Crippen molar-refractivity contribution in [2.24, 2.45) is 0 Å². The summed E-state index contributed by atoms with van der Waals surface area (Å²) in [5, 5.41) is 18.8. The molecule has 1 heterocycles. The zero-order chi connectivity index (χ0) is 14.3. The molecule has 2 N–H and O–H groups in total. The first-order chi connectivity index (χ1) is 9.54. The molecule has 4 nitrogen and oxygen atoms in total. The van der Waals surface area contributed by atoms with Crippen molar-refractivity contribution < 1.29 is 19.7 Å². The summed E-state index contributed by atoms with van der Waals surface area (Å²) in [4.78, 5) is 12.1. The lowest BCUT2D eigenvalue weighted by atomic mass is 10.1. The minimum absolute atomic E-state index is 0.0465. The molecule has 20 heavy (non-hydrogen) atoms. The topological polar surface area (TPSA) is 66.8 Å². The fraction of sp³-hybridized carbons (Fsp3) is 0. The molecular weight excluding hydrogens is 324 g/mol. The van der Waals surface area contributed by atoms with E-state index in [0.29, 0.717) is 15.8 Å². The Morgan fingerprint density at radius 2 is 1.90 bits per heavy atom. The first-order valence-electron chi connectivity index (χ1n) is 5.80. The van der Waals surface area contributed by atoms with Gasteiger partial charge < -0.3 is 14.9 Å². The van der Waals surface area contributed by atoms with Crippen molar-refractivity contribution in [2.75, 3.05) is 0 Å². The van der Waals surface area contributed by atoms with E-state index in [1.54, 1.807) is 18.2 Å². The molecule has 0 amide bonds. The molecule has 1 aliphatic heterocycles. The maximum atomic E-state index is 12.1. The molecule has 0 bridgehead atoms. The van der Waals surface area contributed by atoms with E-state index in [-0.39, 0.29) is 23.0 Å². The van der Waals surface area contributed by atoms with Gasteiger partial charge in [-0.1, -0.05) is 6.07 Å². The van der Waals surface area contributed by atoms with Crippen molar-refractivity contribution in [1.82, 2.24) is 0 Å². The number of allylic oxidation sites excluding steroid dienone is 1. The first kappa shape index (κ1) is 12.7. The zero-order valence-electron chi connectivity index (χ0n) is 10.1. The summed E-state index contributed by atoms with van der Waals surface area (Å²) in [5.41, 5.74) is 1.14. The number of ketones is 1. The normalized spacial score (nSPS) is 15.2. The predicted molar refractivity (Wildman–Crippen MR) is 76.8 cm³/mol. The highest BCUT2D eigenvalue weighted by Crippen LogP contribution is 2.35. The standard InChI is InChI=1S/C15H9BrO4/c16-11-5-8(1-4-12(11)18)6-14-15(19)10-3-2-9(17)7-13(10)20-14/h1-7,17-18H/b14-6-. The Labute approximate surface area is 123 Å². The number of ether oxygens (including phenoxy) is 1. The highest BCUT2D eigenvalue weighted by atomic mass is 79.9. The monoisotopic (exact) mass is 332 g/mol. The van der Waals surface area contributed by atoms with Crippen LogP contribution in [0.1, 0.15) is 15.9 Å². The molecule has 3 rings (SSSR count). The van der Waals surface area contributed by atoms with Crippen LogP contribution in [0, 0.1) is 0 Å². The van der Waals surface area contributed by atoms with Gasteiger partial charge >= 0.3 is 0 Å². The molecule has 0 saturated carbocycles. The van der Waals surface area contributed by atoms with Gasteiger partial charge in [-0.2, -0.15) is 0 Å². The van der Waals surface area contributed by atoms with E-state index in [0.717, 1.165) is 5.56 Å². The van der Waals surface area contributed by atoms with Crippen LogP contribution in [-0.2, 0) is 0 Å². The quantitative estimate of drug-likeness (QED) is 0.784. The Balaban J connectivity index is 1.99. The number of benzene rings is 2. The molecule has 1 aliphatic rings. The van der Waals surface area contributed by atoms with Crippen molar-refractivity contribution in [2.45, 2.75) is 0 Å². The van der Waals surface area contributed by atoms with Crippen LogP contribution in [0.5, 0.6) is 17.2 Å². The number of aromatic hydroxyl groups is 2. The van der Waals surface area contributed by atoms with Crippen LogP contribution in [0.25, 0.3) is 6.08 Å². The van der Waals surface area contributed by atoms with Crippen LogP contribution >= 0.6 is 15.9 Å². The van der Waals surface area contributed by atoms with E-state index in [9.17, 15) is 15.0 Å². The van der Waals surface area contributed by atoms with Gasteiger partial charge in [-0.25, -0.2) is 0 Å². The lowest BCUT2D eigenvalue weighted by Gasteiger charge is -2.01. The number of fused-ring (bicyclic) bond motifs is 1. The number of carbonyl (C=O) groups excluding carboxylic acids is 1. The molecule has 5 heteroatoms. The van der Waals surface area contributed by atoms with E-state index in [2.05, 4.69) is 15.9 Å². The lowest BCUT2D eigenvalue weighted by molar-refractivity contribution is 0.101. The number of phenols is 2. The second kappa shape index (κ2) is 4.68. The van der Waals surface area contributed by atoms with E-state index in [1.807, 2.05) is 0 Å². The van der Waals surface area contributed by atoms with Crippen LogP contribution in [0.15, 0.2) is 46.6 Å². The van der Waals surface area contributed by atoms with Crippen LogP contribution in [0.4, 0.5) is 0 Å². The summed E-state index contributed by atoms with van der Waals surface area (Å²) in [5.74, 6) is 0.468. The summed E-state index contributed by atoms with van der Waals surface area (Å²) in [6, 6.07) is 9.25. The fourth-order valence-corrected chi connectivity index (χ4v) is 2.34. The summed E-state index contributed by atoms with van der Waals surface area (Å²) in [6.45, 7) is 0. The first-order valence-corrected chi connectivity index (χ1v) is 6.59. The van der Waals surface area contributed by atoms with E-state index < -0.39 is 0 Å². The second-order valence-electron chi connectivity index (χ2n) is 4.33. The van der Waals surface area contributed by atoms with Gasteiger partial charge in [0.2, 0.25) is 5.78 Å². The lowest BCUT2D eigenvalue weighted by Crippen LogP contribution is -1.97. The summed E-state index contributed by atoms with van der Waals surface area (Å²) in [7, 11) is 0. The number of hydrogen-bond donors (Lipinski definition) is 2. The molecule has 0 saturated heterocycles. The number of halogens is 1. The van der Waals surface area contributed by atoms with Crippen molar-refractivity contribution in [3.8, 4) is 17.2 Å². The maximum Gasteiger partial charge on any atom is 0.231 e. The van der Waals surface area contributed by atoms with Gasteiger partial charge in [0.25, 0.3) is 0 Å². The Morgan fingerprint density at radius 3 is 2.65 bits per heavy atom. The van der Waals surface area contributed by atoms with Gasteiger partial charge in [0.05, 0.1) is 10.0 Å². The predicted octanol–water partition coefficient (Wildman–Crippen LogP) is 3.48. The molecule has 2 aromatic carbocycles. The Hall–Kier alpha value is -2.27. The summed E-state index contributed by atoms with van der Waals surface area (Å²) in [6.07, 6.45) is 1.59. The molecular formula is C15H9BrO4. The highest BCUT2D eigenvalue weighted by molar-refractivity contribution is 9.10. The van der Waals surface area contributed by atoms with Crippen LogP contribution in [-0.4, -0.2) is 16.0 Å². The second-order valence-corrected chi connectivity index (χ2v) is 5.19. The van der Waals surface area contributed by atoms with Crippen molar-refractivity contribution >= 4 is 27.8 Å². The highest BCUT2D eigenvalue weighted by Gasteiger charge is 2.27. The number of hydrogen-bond acceptors (Lipinski definition) is 4. The van der Waals surface area contributed by atoms with Crippen molar-refractivity contribution in [3.05, 3.63) is 57.8 Å². The maximum absolute atomic E-state index is 12.1. The summed E-state index contributed by atoms with van der Waals surface area (Å²) < 4.78 is 5.98. The van der Waals surface area contributed by atoms with Gasteiger partial charge in [0.15, 0.2) is 5.76 Å². The fourth-order valence-electron chi connectivity index (χ4n) is 1.94. The van der Waals surface area contributed by atoms with Crippen LogP contribution in [0.2, 0.25) is 0 Å². The molecule has 0 spiro atoms. The molecule has 0 radical (unpaired) electrons. The average Bonchev–Trinajstić information content (AvgIpc) is 2.70. The van der Waals surface area contributed by atoms with Crippen LogP contribution in [0.3, 0.4) is 0 Å². The van der Waals surface area contributed by atoms with Gasteiger partial charge in [0, 0.05) is 6.07 Å². The smallest absolute Gasteiger partial charge is 0.231 e. The molecule has 100 valence electrons. The van der Waals surface area contributed by atoms with Crippen molar-refractivity contribution in [1.29, 1.82) is 0 Å². The van der Waals surface area contributed by atoms with Gasteiger partial charge in [-0.15, -0.1) is 0 Å². The minimum atomic E-state index is -0.232. The Kier molecular flexibility index (Phi) is 2.99. The average molecular weight is 333 g/mol. The Morgan fingerprint density at radius 1 is 1.10 bits per heavy atom. The van der Waals surface area contributed by atoms with Crippen LogP contribution < -0.4 is 4.74 Å². The molecule has 0 aliphatic carbocycles. The largest absolute Gasteiger partial charge is 0.508 e. The minimum Gasteiger partial charge on any atom is -0.508 e. The molecule has 0 unspecified atom stereocenters. The summed E-state index contributed by atoms with van der Waals surface area (Å²) >= 11 is 3.21.